The van der Waals surface area contributed by atoms with Crippen molar-refractivity contribution in [3.05, 3.63) is 77.7 Å². The first-order valence-corrected chi connectivity index (χ1v) is 10.8. The maximum atomic E-state index is 6.47. The second kappa shape index (κ2) is 9.08. The molecular weight excluding hydrogens is 368 g/mol. The summed E-state index contributed by atoms with van der Waals surface area (Å²) in [6, 6.07) is 23.8. The van der Waals surface area contributed by atoms with Gasteiger partial charge in [-0.3, -0.25) is 4.99 Å². The van der Waals surface area contributed by atoms with Gasteiger partial charge in [0.15, 0.2) is 0 Å². The third-order valence-corrected chi connectivity index (χ3v) is 5.67. The van der Waals surface area contributed by atoms with Crippen LogP contribution in [0, 0.1) is 0 Å². The van der Waals surface area contributed by atoms with Crippen molar-refractivity contribution in [2.75, 3.05) is 19.6 Å². The summed E-state index contributed by atoms with van der Waals surface area (Å²) in [6.45, 7) is 9.08. The summed E-state index contributed by atoms with van der Waals surface area (Å²) in [7, 11) is 0. The molecule has 1 aliphatic heterocycles. The zero-order valence-corrected chi connectivity index (χ0v) is 18.1. The van der Waals surface area contributed by atoms with E-state index in [-0.39, 0.29) is 0 Å². The van der Waals surface area contributed by atoms with Crippen LogP contribution in [-0.2, 0) is 6.42 Å². The van der Waals surface area contributed by atoms with Crippen LogP contribution in [-0.4, -0.2) is 25.8 Å². The van der Waals surface area contributed by atoms with Crippen LogP contribution >= 0.6 is 0 Å². The molecule has 0 saturated heterocycles. The quantitative estimate of drug-likeness (QED) is 0.235. The summed E-state index contributed by atoms with van der Waals surface area (Å²) in [4.78, 5) is 4.35. The van der Waals surface area contributed by atoms with Gasteiger partial charge in [-0.05, 0) is 56.7 Å². The monoisotopic (exact) mass is 397 g/mol. The minimum atomic E-state index is 0.799. The van der Waals surface area contributed by atoms with Gasteiger partial charge in [-0.15, -0.1) is 0 Å². The second-order valence-electron chi connectivity index (χ2n) is 7.44. The molecule has 0 atom stereocenters. The molecule has 0 amide bonds. The van der Waals surface area contributed by atoms with Crippen LogP contribution in [0.5, 0.6) is 0 Å². The van der Waals surface area contributed by atoms with E-state index in [1.165, 1.54) is 22.0 Å². The molecule has 1 aliphatic carbocycles. The standard InChI is InChI=1S/C27H29N2O/c1-4-28-17-16-20-12-14-23-25(18-20)30-26-19-22(29(5-2)6-3)13-15-24(26)27(23)21-10-8-7-9-11-21/h4,7-15,18-19H,5-6,16-17H2,1-3H3/q+1. The Balaban J connectivity index is 2.00. The Kier molecular flexibility index (Phi) is 6.08. The fraction of sp³-hybridized carbons (Fsp3) is 0.259. The van der Waals surface area contributed by atoms with Crippen molar-refractivity contribution in [2.45, 2.75) is 27.2 Å². The Bertz CT molecular complexity index is 1210. The summed E-state index contributed by atoms with van der Waals surface area (Å²) in [5, 5.41) is 2.34. The van der Waals surface area contributed by atoms with E-state index < -0.39 is 0 Å². The third-order valence-electron chi connectivity index (χ3n) is 5.67. The summed E-state index contributed by atoms with van der Waals surface area (Å²) >= 11 is 0. The van der Waals surface area contributed by atoms with Crippen LogP contribution in [0.4, 0.5) is 0 Å². The zero-order chi connectivity index (χ0) is 20.9. The van der Waals surface area contributed by atoms with E-state index in [9.17, 15) is 0 Å². The van der Waals surface area contributed by atoms with Crippen molar-refractivity contribution >= 4 is 17.2 Å². The smallest absolute Gasteiger partial charge is 0.203 e. The number of fused-ring (bicyclic) bond motifs is 2. The van der Waals surface area contributed by atoms with Crippen LogP contribution < -0.4 is 9.93 Å². The molecule has 3 heteroatoms. The summed E-state index contributed by atoms with van der Waals surface area (Å²) in [5.74, 6) is 0.925. The minimum Gasteiger partial charge on any atom is -0.456 e. The van der Waals surface area contributed by atoms with Crippen LogP contribution in [0.15, 0.2) is 76.1 Å². The molecule has 2 aliphatic rings. The van der Waals surface area contributed by atoms with Gasteiger partial charge < -0.3 is 4.42 Å². The van der Waals surface area contributed by atoms with Crippen molar-refractivity contribution in [1.29, 1.82) is 0 Å². The van der Waals surface area contributed by atoms with E-state index in [0.717, 1.165) is 48.3 Å². The van der Waals surface area contributed by atoms with Gasteiger partial charge in [0.05, 0.1) is 6.07 Å². The van der Waals surface area contributed by atoms with E-state index in [4.69, 9.17) is 4.42 Å². The fourth-order valence-corrected chi connectivity index (χ4v) is 4.10. The molecule has 30 heavy (non-hydrogen) atoms. The number of hydrogen-bond donors (Lipinski definition) is 0. The normalized spacial score (nSPS) is 11.6. The molecule has 4 rings (SSSR count). The first-order chi connectivity index (χ1) is 14.7. The molecule has 3 nitrogen and oxygen atoms in total. The molecule has 1 heterocycles. The van der Waals surface area contributed by atoms with Gasteiger partial charge in [-0.25, -0.2) is 4.58 Å². The lowest BCUT2D eigenvalue weighted by Crippen LogP contribution is -2.29. The van der Waals surface area contributed by atoms with Crippen LogP contribution in [0.3, 0.4) is 0 Å². The maximum Gasteiger partial charge on any atom is 0.203 e. The minimum absolute atomic E-state index is 0.799. The maximum absolute atomic E-state index is 6.47. The first-order valence-electron chi connectivity index (χ1n) is 10.8. The molecule has 0 unspecified atom stereocenters. The highest BCUT2D eigenvalue weighted by molar-refractivity contribution is 6.01. The molecular formula is C27H29N2O+. The number of benzene rings is 3. The third kappa shape index (κ3) is 3.93. The largest absolute Gasteiger partial charge is 0.456 e. The van der Waals surface area contributed by atoms with Gasteiger partial charge in [0.25, 0.3) is 0 Å². The van der Waals surface area contributed by atoms with Gasteiger partial charge in [0.1, 0.15) is 24.4 Å². The van der Waals surface area contributed by atoms with Gasteiger partial charge >= 0.3 is 0 Å². The van der Waals surface area contributed by atoms with Crippen molar-refractivity contribution in [3.8, 4) is 22.5 Å². The van der Waals surface area contributed by atoms with Gasteiger partial charge in [0, 0.05) is 29.1 Å². The van der Waals surface area contributed by atoms with Crippen LogP contribution in [0.2, 0.25) is 0 Å². The molecule has 0 N–H and O–H groups in total. The number of nitrogens with zero attached hydrogens (tertiary/aromatic N) is 2. The van der Waals surface area contributed by atoms with E-state index in [0.29, 0.717) is 0 Å². The van der Waals surface area contributed by atoms with E-state index >= 15 is 0 Å². The molecule has 2 aromatic rings. The Morgan fingerprint density at radius 1 is 0.933 bits per heavy atom. The Morgan fingerprint density at radius 2 is 1.73 bits per heavy atom. The molecule has 0 radical (unpaired) electrons. The van der Waals surface area contributed by atoms with Crippen LogP contribution in [0.1, 0.15) is 26.3 Å². The topological polar surface area (TPSA) is 28.5 Å². The Morgan fingerprint density at radius 3 is 2.47 bits per heavy atom. The molecule has 0 saturated carbocycles. The van der Waals surface area contributed by atoms with Crippen molar-refractivity contribution < 1.29 is 4.42 Å². The predicted molar refractivity (Wildman–Crippen MR) is 127 cm³/mol. The highest BCUT2D eigenvalue weighted by Crippen LogP contribution is 2.39. The van der Waals surface area contributed by atoms with E-state index in [2.05, 4.69) is 90.1 Å². The molecule has 0 spiro atoms. The number of rotatable bonds is 6. The van der Waals surface area contributed by atoms with Gasteiger partial charge in [-0.2, -0.15) is 0 Å². The van der Waals surface area contributed by atoms with Gasteiger partial charge in [0.2, 0.25) is 5.36 Å². The highest BCUT2D eigenvalue weighted by atomic mass is 16.3. The van der Waals surface area contributed by atoms with Crippen molar-refractivity contribution in [2.24, 2.45) is 4.99 Å². The predicted octanol–water partition coefficient (Wildman–Crippen LogP) is 5.65. The molecule has 152 valence electrons. The molecule has 0 fully saturated rings. The second-order valence-corrected chi connectivity index (χ2v) is 7.44. The van der Waals surface area contributed by atoms with E-state index in [1.54, 1.807) is 0 Å². The summed E-state index contributed by atoms with van der Waals surface area (Å²) < 4.78 is 8.82. The molecule has 0 aromatic heterocycles. The average Bonchev–Trinajstić information content (AvgIpc) is 2.79. The highest BCUT2D eigenvalue weighted by Gasteiger charge is 2.18. The fourth-order valence-electron chi connectivity index (χ4n) is 4.10. The van der Waals surface area contributed by atoms with Crippen molar-refractivity contribution in [3.63, 3.8) is 0 Å². The SMILES string of the molecule is CC=NCCc1ccc2c(-c3ccccc3)c3ccc(=[N+](CC)CC)cc-3oc2c1. The Hall–Kier alpha value is -3.20. The molecule has 2 aromatic carbocycles. The Labute approximate surface area is 178 Å². The number of hydrogen-bond acceptors (Lipinski definition) is 2. The zero-order valence-electron chi connectivity index (χ0n) is 18.1. The van der Waals surface area contributed by atoms with Crippen LogP contribution in [0.25, 0.3) is 33.4 Å². The molecule has 0 bridgehead atoms. The van der Waals surface area contributed by atoms with Gasteiger partial charge in [-0.1, -0.05) is 42.5 Å². The first kappa shape index (κ1) is 20.1. The lowest BCUT2D eigenvalue weighted by molar-refractivity contribution is 0.604. The summed E-state index contributed by atoms with van der Waals surface area (Å²) in [5.41, 5.74) is 5.76. The lowest BCUT2D eigenvalue weighted by Gasteiger charge is -2.15. The number of aliphatic imine (C=N–C) groups is 1. The average molecular weight is 398 g/mol. The van der Waals surface area contributed by atoms with Crippen molar-refractivity contribution in [1.82, 2.24) is 4.58 Å². The lowest BCUT2D eigenvalue weighted by atomic mass is 9.93. The summed E-state index contributed by atoms with van der Waals surface area (Å²) in [6.07, 6.45) is 2.77. The van der Waals surface area contributed by atoms with E-state index in [1.807, 2.05) is 13.1 Å².